The predicted octanol–water partition coefficient (Wildman–Crippen LogP) is 2.35. The number of nitrogens with one attached hydrogen (secondary N) is 2. The standard InChI is InChI=1S/C11H13BrN2O3/c1-6-3-4-8(5-9(6)12)14-11(17)13-7(2)10(15)16/h3-5,7H,1-2H3,(H,15,16)(H2,13,14,17). The molecule has 0 radical (unpaired) electrons. The third-order valence-corrected chi connectivity index (χ3v) is 3.00. The summed E-state index contributed by atoms with van der Waals surface area (Å²) in [7, 11) is 0. The van der Waals surface area contributed by atoms with Crippen LogP contribution in [-0.4, -0.2) is 23.1 Å². The van der Waals surface area contributed by atoms with Crippen molar-refractivity contribution in [2.45, 2.75) is 19.9 Å². The molecule has 0 fully saturated rings. The van der Waals surface area contributed by atoms with Gasteiger partial charge in [0.05, 0.1) is 0 Å². The summed E-state index contributed by atoms with van der Waals surface area (Å²) in [6.45, 7) is 3.33. The van der Waals surface area contributed by atoms with Crippen molar-refractivity contribution in [3.8, 4) is 0 Å². The second kappa shape index (κ2) is 5.67. The highest BCUT2D eigenvalue weighted by Crippen LogP contribution is 2.20. The predicted molar refractivity (Wildman–Crippen MR) is 68.1 cm³/mol. The first-order chi connectivity index (χ1) is 7.90. The van der Waals surface area contributed by atoms with Crippen LogP contribution < -0.4 is 10.6 Å². The van der Waals surface area contributed by atoms with Crippen molar-refractivity contribution in [1.82, 2.24) is 5.32 Å². The van der Waals surface area contributed by atoms with Crippen molar-refractivity contribution in [1.29, 1.82) is 0 Å². The Morgan fingerprint density at radius 2 is 2.06 bits per heavy atom. The summed E-state index contributed by atoms with van der Waals surface area (Å²) in [5.74, 6) is -1.08. The smallest absolute Gasteiger partial charge is 0.325 e. The van der Waals surface area contributed by atoms with E-state index >= 15 is 0 Å². The number of hydrogen-bond donors (Lipinski definition) is 3. The number of benzene rings is 1. The van der Waals surface area contributed by atoms with E-state index in [1.54, 1.807) is 12.1 Å². The van der Waals surface area contributed by atoms with E-state index in [2.05, 4.69) is 26.6 Å². The maximum Gasteiger partial charge on any atom is 0.325 e. The molecule has 1 aromatic rings. The molecule has 1 rings (SSSR count). The normalized spacial score (nSPS) is 11.7. The summed E-state index contributed by atoms with van der Waals surface area (Å²) in [5, 5.41) is 13.5. The number of aryl methyl sites for hydroxylation is 1. The molecule has 5 nitrogen and oxygen atoms in total. The number of aliphatic carboxylic acids is 1. The molecule has 0 aliphatic carbocycles. The van der Waals surface area contributed by atoms with Gasteiger partial charge in [0.25, 0.3) is 0 Å². The van der Waals surface area contributed by atoms with Crippen LogP contribution in [0.3, 0.4) is 0 Å². The van der Waals surface area contributed by atoms with Crippen molar-refractivity contribution >= 4 is 33.6 Å². The Kier molecular flexibility index (Phi) is 4.51. The number of hydrogen-bond acceptors (Lipinski definition) is 2. The Bertz CT molecular complexity index is 448. The van der Waals surface area contributed by atoms with Gasteiger partial charge in [0.2, 0.25) is 0 Å². The first-order valence-corrected chi connectivity index (χ1v) is 5.76. The highest BCUT2D eigenvalue weighted by Gasteiger charge is 2.13. The zero-order chi connectivity index (χ0) is 13.0. The van der Waals surface area contributed by atoms with Gasteiger partial charge in [-0.3, -0.25) is 4.79 Å². The van der Waals surface area contributed by atoms with Crippen LogP contribution in [0.4, 0.5) is 10.5 Å². The van der Waals surface area contributed by atoms with Crippen LogP contribution in [0.25, 0.3) is 0 Å². The highest BCUT2D eigenvalue weighted by molar-refractivity contribution is 9.10. The Labute approximate surface area is 107 Å². The summed E-state index contributed by atoms with van der Waals surface area (Å²) in [6.07, 6.45) is 0. The fourth-order valence-electron chi connectivity index (χ4n) is 1.10. The molecule has 92 valence electrons. The lowest BCUT2D eigenvalue weighted by Gasteiger charge is -2.11. The summed E-state index contributed by atoms with van der Waals surface area (Å²) >= 11 is 3.34. The van der Waals surface area contributed by atoms with Crippen LogP contribution in [0.2, 0.25) is 0 Å². The molecule has 0 aliphatic heterocycles. The number of carbonyl (C=O) groups excluding carboxylic acids is 1. The second-order valence-electron chi connectivity index (χ2n) is 3.62. The number of carboxylic acids is 1. The van der Waals surface area contributed by atoms with Gasteiger partial charge in [-0.25, -0.2) is 4.79 Å². The maximum absolute atomic E-state index is 11.4. The van der Waals surface area contributed by atoms with E-state index in [4.69, 9.17) is 5.11 Å². The first kappa shape index (κ1) is 13.5. The van der Waals surface area contributed by atoms with Gasteiger partial charge in [0.15, 0.2) is 0 Å². The maximum atomic E-state index is 11.4. The largest absolute Gasteiger partial charge is 0.480 e. The minimum absolute atomic E-state index is 0.546. The van der Waals surface area contributed by atoms with Crippen molar-refractivity contribution in [3.05, 3.63) is 28.2 Å². The quantitative estimate of drug-likeness (QED) is 0.802. The van der Waals surface area contributed by atoms with Crippen LogP contribution in [0.15, 0.2) is 22.7 Å². The van der Waals surface area contributed by atoms with Crippen molar-refractivity contribution in [2.75, 3.05) is 5.32 Å². The van der Waals surface area contributed by atoms with Gasteiger partial charge in [-0.1, -0.05) is 22.0 Å². The van der Waals surface area contributed by atoms with Gasteiger partial charge < -0.3 is 15.7 Å². The van der Waals surface area contributed by atoms with Crippen LogP contribution in [0.1, 0.15) is 12.5 Å². The van der Waals surface area contributed by atoms with Crippen molar-refractivity contribution < 1.29 is 14.7 Å². The molecule has 2 amide bonds. The molecule has 0 aromatic heterocycles. The third-order valence-electron chi connectivity index (χ3n) is 2.15. The number of carboxylic acid groups (broad SMARTS) is 1. The monoisotopic (exact) mass is 300 g/mol. The third kappa shape index (κ3) is 4.07. The number of rotatable bonds is 3. The number of urea groups is 1. The van der Waals surface area contributed by atoms with Gasteiger partial charge in [0.1, 0.15) is 6.04 Å². The second-order valence-corrected chi connectivity index (χ2v) is 4.48. The number of carbonyl (C=O) groups is 2. The number of anilines is 1. The molecule has 0 saturated heterocycles. The van der Waals surface area contributed by atoms with E-state index in [0.717, 1.165) is 10.0 Å². The molecule has 0 heterocycles. The molecule has 0 saturated carbocycles. The van der Waals surface area contributed by atoms with Crippen LogP contribution in [0, 0.1) is 6.92 Å². The minimum atomic E-state index is -1.08. The molecule has 0 aliphatic rings. The molecule has 0 bridgehead atoms. The summed E-state index contributed by atoms with van der Waals surface area (Å²) in [4.78, 5) is 22.0. The molecule has 3 N–H and O–H groups in total. The topological polar surface area (TPSA) is 78.4 Å². The van der Waals surface area contributed by atoms with Gasteiger partial charge in [-0.15, -0.1) is 0 Å². The lowest BCUT2D eigenvalue weighted by atomic mass is 10.2. The van der Waals surface area contributed by atoms with E-state index in [1.807, 2.05) is 13.0 Å². The average molecular weight is 301 g/mol. The Balaban J connectivity index is 2.62. The van der Waals surface area contributed by atoms with Crippen LogP contribution in [0.5, 0.6) is 0 Å². The molecule has 6 heteroatoms. The fraction of sp³-hybridized carbons (Fsp3) is 0.273. The summed E-state index contributed by atoms with van der Waals surface area (Å²) in [6, 6.07) is 3.87. The van der Waals surface area contributed by atoms with E-state index in [0.29, 0.717) is 5.69 Å². The van der Waals surface area contributed by atoms with Crippen LogP contribution >= 0.6 is 15.9 Å². The lowest BCUT2D eigenvalue weighted by molar-refractivity contribution is -0.138. The van der Waals surface area contributed by atoms with Gasteiger partial charge >= 0.3 is 12.0 Å². The highest BCUT2D eigenvalue weighted by atomic mass is 79.9. The molecule has 1 atom stereocenters. The number of halogens is 1. The zero-order valence-electron chi connectivity index (χ0n) is 9.45. The van der Waals surface area contributed by atoms with Crippen molar-refractivity contribution in [3.63, 3.8) is 0 Å². The van der Waals surface area contributed by atoms with Crippen LogP contribution in [-0.2, 0) is 4.79 Å². The van der Waals surface area contributed by atoms with E-state index in [9.17, 15) is 9.59 Å². The average Bonchev–Trinajstić information content (AvgIpc) is 2.23. The molecule has 1 unspecified atom stereocenters. The Hall–Kier alpha value is -1.56. The van der Waals surface area contributed by atoms with E-state index in [1.165, 1.54) is 6.92 Å². The van der Waals surface area contributed by atoms with Gasteiger partial charge in [-0.05, 0) is 31.5 Å². The molecular formula is C11H13BrN2O3. The number of amides is 2. The van der Waals surface area contributed by atoms with Crippen molar-refractivity contribution in [2.24, 2.45) is 0 Å². The first-order valence-electron chi connectivity index (χ1n) is 4.96. The molecule has 1 aromatic carbocycles. The van der Waals surface area contributed by atoms with Gasteiger partial charge in [-0.2, -0.15) is 0 Å². The molecular weight excluding hydrogens is 288 g/mol. The Morgan fingerprint density at radius 3 is 2.59 bits per heavy atom. The minimum Gasteiger partial charge on any atom is -0.480 e. The summed E-state index contributed by atoms with van der Waals surface area (Å²) < 4.78 is 0.876. The fourth-order valence-corrected chi connectivity index (χ4v) is 1.47. The summed E-state index contributed by atoms with van der Waals surface area (Å²) in [5.41, 5.74) is 1.65. The van der Waals surface area contributed by atoms with E-state index in [-0.39, 0.29) is 0 Å². The zero-order valence-corrected chi connectivity index (χ0v) is 11.0. The van der Waals surface area contributed by atoms with E-state index < -0.39 is 18.0 Å². The molecule has 17 heavy (non-hydrogen) atoms. The SMILES string of the molecule is Cc1ccc(NC(=O)NC(C)C(=O)O)cc1Br. The Morgan fingerprint density at radius 1 is 1.41 bits per heavy atom. The lowest BCUT2D eigenvalue weighted by Crippen LogP contribution is -2.40. The van der Waals surface area contributed by atoms with Gasteiger partial charge in [0, 0.05) is 10.2 Å². The molecule has 0 spiro atoms.